The lowest BCUT2D eigenvalue weighted by Crippen LogP contribution is -2.23. The number of halogens is 1. The highest BCUT2D eigenvalue weighted by Crippen LogP contribution is 2.32. The SMILES string of the molecule is O=c1/c(=C\c2ccc3c(c2)OCO3)sc2nc(-c3ccccc3Cl)nn12. The van der Waals surface area contributed by atoms with Crippen LogP contribution in [0, 0.1) is 0 Å². The highest BCUT2D eigenvalue weighted by molar-refractivity contribution is 7.15. The maximum absolute atomic E-state index is 12.6. The van der Waals surface area contributed by atoms with Crippen LogP contribution in [0.5, 0.6) is 11.5 Å². The summed E-state index contributed by atoms with van der Waals surface area (Å²) in [6, 6.07) is 12.8. The van der Waals surface area contributed by atoms with E-state index in [2.05, 4.69) is 10.1 Å². The number of ether oxygens (including phenoxy) is 2. The fourth-order valence-corrected chi connectivity index (χ4v) is 3.87. The second-order valence-electron chi connectivity index (χ2n) is 5.64. The number of benzene rings is 2. The molecular weight excluding hydrogens is 374 g/mol. The van der Waals surface area contributed by atoms with Gasteiger partial charge in [-0.05, 0) is 35.9 Å². The molecule has 3 heterocycles. The molecule has 0 unspecified atom stereocenters. The first-order chi connectivity index (χ1) is 12.7. The van der Waals surface area contributed by atoms with Gasteiger partial charge in [-0.15, -0.1) is 5.10 Å². The quantitative estimate of drug-likeness (QED) is 0.532. The summed E-state index contributed by atoms with van der Waals surface area (Å²) in [7, 11) is 0. The third-order valence-electron chi connectivity index (χ3n) is 3.99. The molecular formula is C18H10ClN3O3S. The topological polar surface area (TPSA) is 65.7 Å². The third kappa shape index (κ3) is 2.44. The second-order valence-corrected chi connectivity index (χ2v) is 7.05. The molecule has 0 atom stereocenters. The van der Waals surface area contributed by atoms with Crippen molar-refractivity contribution in [3.05, 3.63) is 67.9 Å². The number of nitrogens with zero attached hydrogens (tertiary/aromatic N) is 3. The average Bonchev–Trinajstić information content (AvgIpc) is 3.33. The molecule has 0 radical (unpaired) electrons. The summed E-state index contributed by atoms with van der Waals surface area (Å²) in [4.78, 5) is 17.6. The van der Waals surface area contributed by atoms with Crippen LogP contribution in [0.15, 0.2) is 47.3 Å². The van der Waals surface area contributed by atoms with E-state index in [-0.39, 0.29) is 12.4 Å². The zero-order valence-corrected chi connectivity index (χ0v) is 14.8. The van der Waals surface area contributed by atoms with Crippen molar-refractivity contribution >= 4 is 34.0 Å². The van der Waals surface area contributed by atoms with Crippen LogP contribution in [0.3, 0.4) is 0 Å². The van der Waals surface area contributed by atoms with E-state index in [4.69, 9.17) is 21.1 Å². The largest absolute Gasteiger partial charge is 0.454 e. The number of hydrogen-bond donors (Lipinski definition) is 0. The van der Waals surface area contributed by atoms with Crippen LogP contribution in [-0.2, 0) is 0 Å². The number of fused-ring (bicyclic) bond motifs is 2. The zero-order chi connectivity index (χ0) is 17.7. The molecule has 0 spiro atoms. The van der Waals surface area contributed by atoms with Gasteiger partial charge in [0, 0.05) is 5.56 Å². The van der Waals surface area contributed by atoms with Gasteiger partial charge in [-0.25, -0.2) is 0 Å². The van der Waals surface area contributed by atoms with Gasteiger partial charge in [0.15, 0.2) is 17.3 Å². The van der Waals surface area contributed by atoms with Crippen molar-refractivity contribution in [3.8, 4) is 22.9 Å². The minimum absolute atomic E-state index is 0.214. The lowest BCUT2D eigenvalue weighted by Gasteiger charge is -1.97. The smallest absolute Gasteiger partial charge is 0.291 e. The molecule has 0 amide bonds. The summed E-state index contributed by atoms with van der Waals surface area (Å²) in [5.41, 5.74) is 1.33. The van der Waals surface area contributed by atoms with Crippen molar-refractivity contribution in [2.75, 3.05) is 6.79 Å². The van der Waals surface area contributed by atoms with E-state index in [9.17, 15) is 4.79 Å². The molecule has 5 rings (SSSR count). The van der Waals surface area contributed by atoms with Crippen molar-refractivity contribution in [1.29, 1.82) is 0 Å². The Hall–Kier alpha value is -2.90. The fraction of sp³-hybridized carbons (Fsp3) is 0.0556. The summed E-state index contributed by atoms with van der Waals surface area (Å²) in [5.74, 6) is 1.82. The Morgan fingerprint density at radius 1 is 1.15 bits per heavy atom. The Bertz CT molecular complexity index is 1260. The molecule has 2 aromatic heterocycles. The predicted molar refractivity (Wildman–Crippen MR) is 98.9 cm³/mol. The summed E-state index contributed by atoms with van der Waals surface area (Å²) < 4.78 is 12.5. The van der Waals surface area contributed by atoms with Gasteiger partial charge in [0.05, 0.1) is 9.55 Å². The van der Waals surface area contributed by atoms with Crippen LogP contribution in [0.2, 0.25) is 5.02 Å². The molecule has 4 aromatic rings. The van der Waals surface area contributed by atoms with E-state index < -0.39 is 0 Å². The second kappa shape index (κ2) is 5.82. The van der Waals surface area contributed by atoms with E-state index in [1.165, 1.54) is 15.9 Å². The lowest BCUT2D eigenvalue weighted by atomic mass is 10.2. The van der Waals surface area contributed by atoms with Gasteiger partial charge in [-0.3, -0.25) is 4.79 Å². The maximum atomic E-state index is 12.6. The first-order valence-corrected chi connectivity index (χ1v) is 8.94. The van der Waals surface area contributed by atoms with E-state index in [1.54, 1.807) is 12.1 Å². The molecule has 26 heavy (non-hydrogen) atoms. The van der Waals surface area contributed by atoms with Crippen molar-refractivity contribution in [2.24, 2.45) is 0 Å². The third-order valence-corrected chi connectivity index (χ3v) is 5.28. The van der Waals surface area contributed by atoms with Crippen LogP contribution in [0.1, 0.15) is 5.56 Å². The van der Waals surface area contributed by atoms with Crippen LogP contribution >= 0.6 is 22.9 Å². The van der Waals surface area contributed by atoms with E-state index >= 15 is 0 Å². The minimum Gasteiger partial charge on any atom is -0.454 e. The molecule has 1 aliphatic heterocycles. The standard InChI is InChI=1S/C18H10ClN3O3S/c19-12-4-2-1-3-11(12)16-20-18-22(21-16)17(23)15(26-18)8-10-5-6-13-14(7-10)25-9-24-13/h1-8H,9H2/b15-8+. The molecule has 1 aliphatic rings. The highest BCUT2D eigenvalue weighted by atomic mass is 35.5. The van der Waals surface area contributed by atoms with Gasteiger partial charge in [0.2, 0.25) is 11.8 Å². The first-order valence-electron chi connectivity index (χ1n) is 7.75. The molecule has 6 nitrogen and oxygen atoms in total. The summed E-state index contributed by atoms with van der Waals surface area (Å²) >= 11 is 7.47. The Morgan fingerprint density at radius 2 is 2.00 bits per heavy atom. The maximum Gasteiger partial charge on any atom is 0.291 e. The number of rotatable bonds is 2. The van der Waals surface area contributed by atoms with Crippen molar-refractivity contribution in [3.63, 3.8) is 0 Å². The molecule has 0 bridgehead atoms. The van der Waals surface area contributed by atoms with Crippen molar-refractivity contribution < 1.29 is 9.47 Å². The van der Waals surface area contributed by atoms with Gasteiger partial charge in [0.1, 0.15) is 0 Å². The van der Waals surface area contributed by atoms with Gasteiger partial charge in [0.25, 0.3) is 5.56 Å². The molecule has 2 aromatic carbocycles. The van der Waals surface area contributed by atoms with E-state index in [0.29, 0.717) is 37.4 Å². The Kier molecular flexibility index (Phi) is 3.44. The van der Waals surface area contributed by atoms with Crippen LogP contribution in [0.25, 0.3) is 22.4 Å². The molecule has 128 valence electrons. The van der Waals surface area contributed by atoms with Crippen LogP contribution in [0.4, 0.5) is 0 Å². The molecule has 0 saturated heterocycles. The number of hydrogen-bond acceptors (Lipinski definition) is 6. The first kappa shape index (κ1) is 15.4. The van der Waals surface area contributed by atoms with Crippen LogP contribution in [-0.4, -0.2) is 21.4 Å². The predicted octanol–water partition coefficient (Wildman–Crippen LogP) is 2.75. The van der Waals surface area contributed by atoms with Crippen molar-refractivity contribution in [1.82, 2.24) is 14.6 Å². The van der Waals surface area contributed by atoms with Gasteiger partial charge >= 0.3 is 0 Å². The van der Waals surface area contributed by atoms with Gasteiger partial charge in [-0.1, -0.05) is 41.1 Å². The normalized spacial score (nSPS) is 13.7. The summed E-state index contributed by atoms with van der Waals surface area (Å²) in [6.07, 6.45) is 1.79. The van der Waals surface area contributed by atoms with E-state index in [0.717, 1.165) is 5.56 Å². The Labute approximate surface area is 155 Å². The van der Waals surface area contributed by atoms with Crippen LogP contribution < -0.4 is 19.6 Å². The van der Waals surface area contributed by atoms with Gasteiger partial charge < -0.3 is 9.47 Å². The average molecular weight is 384 g/mol. The molecule has 0 aliphatic carbocycles. The zero-order valence-electron chi connectivity index (χ0n) is 13.2. The molecule has 8 heteroatoms. The Balaban J connectivity index is 1.60. The van der Waals surface area contributed by atoms with Gasteiger partial charge in [-0.2, -0.15) is 9.50 Å². The van der Waals surface area contributed by atoms with Crippen molar-refractivity contribution in [2.45, 2.75) is 0 Å². The Morgan fingerprint density at radius 3 is 2.85 bits per heavy atom. The minimum atomic E-state index is -0.214. The lowest BCUT2D eigenvalue weighted by molar-refractivity contribution is 0.174. The number of aromatic nitrogens is 3. The number of thiazole rings is 1. The highest BCUT2D eigenvalue weighted by Gasteiger charge is 2.15. The monoisotopic (exact) mass is 383 g/mol. The molecule has 0 fully saturated rings. The molecule has 0 N–H and O–H groups in total. The fourth-order valence-electron chi connectivity index (χ4n) is 2.74. The summed E-state index contributed by atoms with van der Waals surface area (Å²) in [6.45, 7) is 0.215. The molecule has 0 saturated carbocycles. The summed E-state index contributed by atoms with van der Waals surface area (Å²) in [5, 5.41) is 4.86. The van der Waals surface area contributed by atoms with E-state index in [1.807, 2.05) is 36.4 Å².